The molecule has 1 N–H and O–H groups in total. The highest BCUT2D eigenvalue weighted by Crippen LogP contribution is 2.35. The van der Waals surface area contributed by atoms with Crippen LogP contribution in [0.1, 0.15) is 19.7 Å². The van der Waals surface area contributed by atoms with Gasteiger partial charge in [-0.05, 0) is 32.4 Å². The van der Waals surface area contributed by atoms with Crippen molar-refractivity contribution in [1.82, 2.24) is 9.97 Å². The summed E-state index contributed by atoms with van der Waals surface area (Å²) < 4.78 is 0. The predicted molar refractivity (Wildman–Crippen MR) is 90.0 cm³/mol. The van der Waals surface area contributed by atoms with Crippen molar-refractivity contribution >= 4 is 33.1 Å². The third-order valence-corrected chi connectivity index (χ3v) is 4.03. The van der Waals surface area contributed by atoms with Crippen LogP contribution in [0.4, 0.5) is 5.82 Å². The van der Waals surface area contributed by atoms with Gasteiger partial charge in [-0.3, -0.25) is 5.43 Å². The Labute approximate surface area is 127 Å². The van der Waals surface area contributed by atoms with Crippen LogP contribution in [0.5, 0.6) is 0 Å². The van der Waals surface area contributed by atoms with Gasteiger partial charge in [0.05, 0.1) is 5.39 Å². The SMILES string of the molecule is CC(C)=NNc1nc(C)nc2sc(-c3ccccc3)cc12. The van der Waals surface area contributed by atoms with Crippen molar-refractivity contribution in [3.05, 3.63) is 42.2 Å². The van der Waals surface area contributed by atoms with Crippen LogP contribution in [0.3, 0.4) is 0 Å². The largest absolute Gasteiger partial charge is 0.261 e. The maximum absolute atomic E-state index is 4.53. The van der Waals surface area contributed by atoms with E-state index >= 15 is 0 Å². The van der Waals surface area contributed by atoms with Crippen LogP contribution in [0.15, 0.2) is 41.5 Å². The van der Waals surface area contributed by atoms with Crippen molar-refractivity contribution in [3.63, 3.8) is 0 Å². The summed E-state index contributed by atoms with van der Waals surface area (Å²) in [4.78, 5) is 11.2. The van der Waals surface area contributed by atoms with Gasteiger partial charge < -0.3 is 0 Å². The number of anilines is 1. The Hall–Kier alpha value is -2.27. The molecule has 2 heterocycles. The zero-order chi connectivity index (χ0) is 14.8. The third kappa shape index (κ3) is 2.92. The second-order valence-corrected chi connectivity index (χ2v) is 6.02. The first-order chi connectivity index (χ1) is 10.1. The van der Waals surface area contributed by atoms with E-state index < -0.39 is 0 Å². The number of nitrogens with one attached hydrogen (secondary N) is 1. The lowest BCUT2D eigenvalue weighted by molar-refractivity contribution is 1.08. The summed E-state index contributed by atoms with van der Waals surface area (Å²) in [6, 6.07) is 12.4. The third-order valence-electron chi connectivity index (χ3n) is 2.95. The molecule has 3 rings (SSSR count). The quantitative estimate of drug-likeness (QED) is 0.573. The monoisotopic (exact) mass is 296 g/mol. The zero-order valence-electron chi connectivity index (χ0n) is 12.2. The van der Waals surface area contributed by atoms with Crippen molar-refractivity contribution in [1.29, 1.82) is 0 Å². The van der Waals surface area contributed by atoms with E-state index in [9.17, 15) is 0 Å². The number of aromatic nitrogens is 2. The van der Waals surface area contributed by atoms with Gasteiger partial charge in [0, 0.05) is 10.6 Å². The highest BCUT2D eigenvalue weighted by molar-refractivity contribution is 7.21. The van der Waals surface area contributed by atoms with Gasteiger partial charge >= 0.3 is 0 Å². The second-order valence-electron chi connectivity index (χ2n) is 4.99. The number of rotatable bonds is 3. The van der Waals surface area contributed by atoms with Crippen molar-refractivity contribution < 1.29 is 0 Å². The Morgan fingerprint density at radius 3 is 2.62 bits per heavy atom. The highest BCUT2D eigenvalue weighted by atomic mass is 32.1. The van der Waals surface area contributed by atoms with Crippen LogP contribution < -0.4 is 5.43 Å². The number of aryl methyl sites for hydroxylation is 1. The number of benzene rings is 1. The van der Waals surface area contributed by atoms with E-state index in [4.69, 9.17) is 0 Å². The fraction of sp³-hybridized carbons (Fsp3) is 0.188. The molecule has 0 saturated heterocycles. The lowest BCUT2D eigenvalue weighted by atomic mass is 10.2. The zero-order valence-corrected chi connectivity index (χ0v) is 13.0. The summed E-state index contributed by atoms with van der Waals surface area (Å²) in [5.74, 6) is 1.51. The molecule has 4 nitrogen and oxygen atoms in total. The molecule has 0 aliphatic heterocycles. The van der Waals surface area contributed by atoms with E-state index in [-0.39, 0.29) is 0 Å². The minimum Gasteiger partial charge on any atom is -0.261 e. The van der Waals surface area contributed by atoms with E-state index in [2.05, 4.69) is 38.7 Å². The van der Waals surface area contributed by atoms with E-state index in [1.54, 1.807) is 11.3 Å². The number of fused-ring (bicyclic) bond motifs is 1. The number of thiophene rings is 1. The molecule has 0 spiro atoms. The lowest BCUT2D eigenvalue weighted by Crippen LogP contribution is -1.98. The molecule has 0 fully saturated rings. The van der Waals surface area contributed by atoms with Crippen LogP contribution in [0.25, 0.3) is 20.7 Å². The Morgan fingerprint density at radius 1 is 1.14 bits per heavy atom. The van der Waals surface area contributed by atoms with Gasteiger partial charge in [-0.25, -0.2) is 9.97 Å². The number of nitrogens with zero attached hydrogens (tertiary/aromatic N) is 3. The van der Waals surface area contributed by atoms with Crippen molar-refractivity contribution in [2.45, 2.75) is 20.8 Å². The smallest absolute Gasteiger partial charge is 0.158 e. The number of hydrazone groups is 1. The molecule has 0 unspecified atom stereocenters. The van der Waals surface area contributed by atoms with Crippen molar-refractivity contribution in [3.8, 4) is 10.4 Å². The Balaban J connectivity index is 2.12. The van der Waals surface area contributed by atoms with E-state index in [0.29, 0.717) is 0 Å². The van der Waals surface area contributed by atoms with E-state index in [0.717, 1.165) is 27.6 Å². The standard InChI is InChI=1S/C16H16N4S/c1-10(2)19-20-15-13-9-14(12-7-5-4-6-8-12)21-16(13)18-11(3)17-15/h4-9H,1-3H3,(H,17,18,20). The van der Waals surface area contributed by atoms with E-state index in [1.165, 1.54) is 10.4 Å². The minimum atomic E-state index is 0.746. The average Bonchev–Trinajstić information content (AvgIpc) is 2.89. The number of hydrogen-bond donors (Lipinski definition) is 1. The predicted octanol–water partition coefficient (Wildman–Crippen LogP) is 4.47. The summed E-state index contributed by atoms with van der Waals surface area (Å²) in [6.07, 6.45) is 0. The summed E-state index contributed by atoms with van der Waals surface area (Å²) in [5.41, 5.74) is 5.19. The molecule has 21 heavy (non-hydrogen) atoms. The summed E-state index contributed by atoms with van der Waals surface area (Å²) in [5, 5.41) is 5.26. The van der Waals surface area contributed by atoms with Gasteiger partial charge in [0.2, 0.25) is 0 Å². The fourth-order valence-corrected chi connectivity index (χ4v) is 3.11. The van der Waals surface area contributed by atoms with Crippen LogP contribution in [0, 0.1) is 6.92 Å². The van der Waals surface area contributed by atoms with Crippen molar-refractivity contribution in [2.24, 2.45) is 5.10 Å². The molecule has 106 valence electrons. The molecule has 2 aromatic heterocycles. The second kappa shape index (κ2) is 5.61. The first-order valence-corrected chi connectivity index (χ1v) is 7.55. The number of hydrogen-bond acceptors (Lipinski definition) is 5. The normalized spacial score (nSPS) is 10.6. The molecule has 0 radical (unpaired) electrons. The fourth-order valence-electron chi connectivity index (χ4n) is 2.02. The molecule has 0 saturated carbocycles. The molecule has 1 aromatic carbocycles. The summed E-state index contributed by atoms with van der Waals surface area (Å²) >= 11 is 1.67. The molecule has 0 bridgehead atoms. The maximum atomic E-state index is 4.53. The van der Waals surface area contributed by atoms with Gasteiger partial charge in [0.25, 0.3) is 0 Å². The van der Waals surface area contributed by atoms with Gasteiger partial charge in [0.15, 0.2) is 5.82 Å². The van der Waals surface area contributed by atoms with Gasteiger partial charge in [0.1, 0.15) is 10.7 Å². The van der Waals surface area contributed by atoms with Gasteiger partial charge in [-0.15, -0.1) is 11.3 Å². The molecule has 3 aromatic rings. The van der Waals surface area contributed by atoms with Crippen LogP contribution in [-0.4, -0.2) is 15.7 Å². The highest BCUT2D eigenvalue weighted by Gasteiger charge is 2.11. The van der Waals surface area contributed by atoms with E-state index in [1.807, 2.05) is 39.0 Å². The molecule has 0 amide bonds. The topological polar surface area (TPSA) is 50.2 Å². The molecule has 5 heteroatoms. The molecular formula is C16H16N4S. The van der Waals surface area contributed by atoms with Gasteiger partial charge in [-0.1, -0.05) is 30.3 Å². The molecule has 0 aliphatic rings. The van der Waals surface area contributed by atoms with Crippen LogP contribution in [0.2, 0.25) is 0 Å². The Morgan fingerprint density at radius 2 is 1.90 bits per heavy atom. The summed E-state index contributed by atoms with van der Waals surface area (Å²) in [6.45, 7) is 5.79. The molecular weight excluding hydrogens is 280 g/mol. The maximum Gasteiger partial charge on any atom is 0.158 e. The molecule has 0 atom stereocenters. The summed E-state index contributed by atoms with van der Waals surface area (Å²) in [7, 11) is 0. The van der Waals surface area contributed by atoms with Gasteiger partial charge in [-0.2, -0.15) is 5.10 Å². The van der Waals surface area contributed by atoms with Crippen molar-refractivity contribution in [2.75, 3.05) is 5.43 Å². The lowest BCUT2D eigenvalue weighted by Gasteiger charge is -2.02. The Kier molecular flexibility index (Phi) is 3.66. The molecule has 0 aliphatic carbocycles. The first kappa shape index (κ1) is 13.7. The average molecular weight is 296 g/mol. The first-order valence-electron chi connectivity index (χ1n) is 6.74. The van der Waals surface area contributed by atoms with Crippen LogP contribution >= 0.6 is 11.3 Å². The minimum absolute atomic E-state index is 0.746. The Bertz CT molecular complexity index is 802. The van der Waals surface area contributed by atoms with Crippen LogP contribution in [-0.2, 0) is 0 Å².